The van der Waals surface area contributed by atoms with Crippen molar-refractivity contribution in [3.8, 4) is 5.75 Å². The molecule has 0 amide bonds. The summed E-state index contributed by atoms with van der Waals surface area (Å²) in [6.45, 7) is 0. The third kappa shape index (κ3) is 1.54. The molecule has 6 heteroatoms. The molecule has 0 bridgehead atoms. The van der Waals surface area contributed by atoms with E-state index in [2.05, 4.69) is 4.98 Å². The number of nitrogens with zero attached hydrogens (tertiary/aromatic N) is 1. The lowest BCUT2D eigenvalue weighted by Gasteiger charge is -2.04. The Morgan fingerprint density at radius 1 is 1.16 bits per heavy atom. The normalized spacial score (nSPS) is 10.9. The number of aromatic amines is 1. The molecule has 0 aliphatic carbocycles. The molecule has 19 heavy (non-hydrogen) atoms. The Kier molecular flexibility index (Phi) is 2.25. The van der Waals surface area contributed by atoms with Crippen molar-refractivity contribution in [2.45, 2.75) is 0 Å². The minimum absolute atomic E-state index is 0.0191. The number of fused-ring (bicyclic) bond motifs is 2. The van der Waals surface area contributed by atoms with Crippen molar-refractivity contribution in [2.75, 3.05) is 0 Å². The first kappa shape index (κ1) is 11.2. The first-order valence-corrected chi connectivity index (χ1v) is 5.50. The lowest BCUT2D eigenvalue weighted by molar-refractivity contribution is -0.383. The zero-order valence-electron chi connectivity index (χ0n) is 9.58. The fourth-order valence-corrected chi connectivity index (χ4v) is 2.17. The maximum Gasteiger partial charge on any atom is 0.282 e. The van der Waals surface area contributed by atoms with E-state index in [0.29, 0.717) is 5.52 Å². The van der Waals surface area contributed by atoms with Gasteiger partial charge in [-0.1, -0.05) is 12.1 Å². The number of benzene rings is 2. The van der Waals surface area contributed by atoms with E-state index in [4.69, 9.17) is 0 Å². The van der Waals surface area contributed by atoms with Gasteiger partial charge in [-0.05, 0) is 18.2 Å². The van der Waals surface area contributed by atoms with Crippen molar-refractivity contribution in [1.29, 1.82) is 0 Å². The molecular weight excluding hydrogens is 248 g/mol. The van der Waals surface area contributed by atoms with Gasteiger partial charge in [-0.15, -0.1) is 0 Å². The fourth-order valence-electron chi connectivity index (χ4n) is 2.17. The minimum atomic E-state index is -0.591. The van der Waals surface area contributed by atoms with E-state index in [-0.39, 0.29) is 27.7 Å². The number of nitro benzene ring substituents is 1. The number of non-ortho nitro benzene ring substituents is 1. The van der Waals surface area contributed by atoms with Crippen LogP contribution >= 0.6 is 0 Å². The van der Waals surface area contributed by atoms with Gasteiger partial charge in [0.1, 0.15) is 11.1 Å². The molecule has 2 aromatic carbocycles. The standard InChI is InChI=1S/C13H8N2O4/c16-10-6-1-3-7-12(10)14-8-4-2-5-9(15(18)19)11(8)13(7)17/h1-6,16H,(H,14,17). The number of aromatic hydroxyl groups is 1. The fraction of sp³-hybridized carbons (Fsp3) is 0. The molecule has 1 aromatic heterocycles. The second kappa shape index (κ2) is 3.81. The van der Waals surface area contributed by atoms with Gasteiger partial charge < -0.3 is 10.1 Å². The predicted molar refractivity (Wildman–Crippen MR) is 70.4 cm³/mol. The third-order valence-corrected chi connectivity index (χ3v) is 3.01. The molecule has 94 valence electrons. The van der Waals surface area contributed by atoms with Crippen LogP contribution in [0.25, 0.3) is 21.8 Å². The van der Waals surface area contributed by atoms with Crippen molar-refractivity contribution >= 4 is 27.5 Å². The molecule has 0 atom stereocenters. The Morgan fingerprint density at radius 3 is 2.63 bits per heavy atom. The summed E-state index contributed by atoms with van der Waals surface area (Å²) in [6.07, 6.45) is 0. The van der Waals surface area contributed by atoms with Crippen molar-refractivity contribution in [2.24, 2.45) is 0 Å². The highest BCUT2D eigenvalue weighted by Crippen LogP contribution is 2.26. The van der Waals surface area contributed by atoms with Crippen molar-refractivity contribution in [1.82, 2.24) is 4.98 Å². The van der Waals surface area contributed by atoms with Gasteiger partial charge in [-0.25, -0.2) is 0 Å². The third-order valence-electron chi connectivity index (χ3n) is 3.01. The number of rotatable bonds is 1. The molecule has 0 aliphatic rings. The van der Waals surface area contributed by atoms with Gasteiger partial charge in [0, 0.05) is 6.07 Å². The van der Waals surface area contributed by atoms with Crippen LogP contribution in [0.4, 0.5) is 5.69 Å². The van der Waals surface area contributed by atoms with Crippen LogP contribution in [0, 0.1) is 10.1 Å². The summed E-state index contributed by atoms with van der Waals surface area (Å²) in [5, 5.41) is 20.9. The molecule has 0 saturated carbocycles. The highest BCUT2D eigenvalue weighted by Gasteiger charge is 2.17. The molecule has 0 radical (unpaired) electrons. The van der Waals surface area contributed by atoms with E-state index in [1.807, 2.05) is 0 Å². The molecule has 2 N–H and O–H groups in total. The van der Waals surface area contributed by atoms with E-state index in [0.717, 1.165) is 0 Å². The van der Waals surface area contributed by atoms with Gasteiger partial charge >= 0.3 is 0 Å². The predicted octanol–water partition coefficient (Wildman–Crippen LogP) is 2.30. The molecule has 0 aliphatic heterocycles. The lowest BCUT2D eigenvalue weighted by atomic mass is 10.1. The molecule has 6 nitrogen and oxygen atoms in total. The molecular formula is C13H8N2O4. The van der Waals surface area contributed by atoms with Crippen LogP contribution < -0.4 is 5.43 Å². The SMILES string of the molecule is O=c1c2cccc(O)c2[nH]c2cccc([N+](=O)[O-])c12. The Bertz CT molecular complexity index is 883. The minimum Gasteiger partial charge on any atom is -0.506 e. The average Bonchev–Trinajstić information content (AvgIpc) is 2.39. The van der Waals surface area contributed by atoms with E-state index >= 15 is 0 Å². The number of aromatic nitrogens is 1. The van der Waals surface area contributed by atoms with Crippen LogP contribution in [0.5, 0.6) is 5.75 Å². The molecule has 0 fully saturated rings. The van der Waals surface area contributed by atoms with Gasteiger partial charge in [-0.2, -0.15) is 0 Å². The van der Waals surface area contributed by atoms with E-state index < -0.39 is 10.4 Å². The van der Waals surface area contributed by atoms with Crippen LogP contribution in [-0.2, 0) is 0 Å². The second-order valence-electron chi connectivity index (χ2n) is 4.11. The quantitative estimate of drug-likeness (QED) is 0.396. The maximum atomic E-state index is 12.3. The summed E-state index contributed by atoms with van der Waals surface area (Å²) >= 11 is 0. The van der Waals surface area contributed by atoms with Gasteiger partial charge in [0.2, 0.25) is 5.43 Å². The summed E-state index contributed by atoms with van der Waals surface area (Å²) < 4.78 is 0. The number of phenols is 1. The van der Waals surface area contributed by atoms with E-state index in [1.165, 1.54) is 30.3 Å². The zero-order valence-corrected chi connectivity index (χ0v) is 9.58. The largest absolute Gasteiger partial charge is 0.506 e. The summed E-state index contributed by atoms with van der Waals surface area (Å²) in [7, 11) is 0. The number of hydrogen-bond acceptors (Lipinski definition) is 4. The number of nitro groups is 1. The van der Waals surface area contributed by atoms with Crippen molar-refractivity contribution in [3.05, 3.63) is 56.7 Å². The average molecular weight is 256 g/mol. The number of hydrogen-bond donors (Lipinski definition) is 2. The van der Waals surface area contributed by atoms with Crippen LogP contribution in [0.2, 0.25) is 0 Å². The van der Waals surface area contributed by atoms with Crippen LogP contribution in [0.1, 0.15) is 0 Å². The Labute approximate surface area is 106 Å². The van der Waals surface area contributed by atoms with Gasteiger partial charge in [0.25, 0.3) is 5.69 Å². The molecule has 3 aromatic rings. The zero-order chi connectivity index (χ0) is 13.6. The highest BCUT2D eigenvalue weighted by atomic mass is 16.6. The molecule has 0 unspecified atom stereocenters. The van der Waals surface area contributed by atoms with Gasteiger partial charge in [0.15, 0.2) is 0 Å². The number of para-hydroxylation sites is 1. The first-order valence-electron chi connectivity index (χ1n) is 5.50. The number of pyridine rings is 1. The first-order chi connectivity index (χ1) is 9.09. The maximum absolute atomic E-state index is 12.3. The van der Waals surface area contributed by atoms with E-state index in [1.54, 1.807) is 6.07 Å². The van der Waals surface area contributed by atoms with Crippen molar-refractivity contribution in [3.63, 3.8) is 0 Å². The Balaban J connectivity index is 2.63. The molecule has 0 spiro atoms. The highest BCUT2D eigenvalue weighted by molar-refractivity contribution is 5.98. The molecule has 3 rings (SSSR count). The van der Waals surface area contributed by atoms with Crippen molar-refractivity contribution < 1.29 is 10.0 Å². The summed E-state index contributed by atoms with van der Waals surface area (Å²) in [5.74, 6) is -0.0667. The van der Waals surface area contributed by atoms with Crippen LogP contribution in [0.15, 0.2) is 41.2 Å². The molecule has 1 heterocycles. The topological polar surface area (TPSA) is 96.2 Å². The van der Waals surface area contributed by atoms with Gasteiger partial charge in [-0.3, -0.25) is 14.9 Å². The van der Waals surface area contributed by atoms with Crippen LogP contribution in [0.3, 0.4) is 0 Å². The van der Waals surface area contributed by atoms with Crippen LogP contribution in [-0.4, -0.2) is 15.0 Å². The number of H-pyrrole nitrogens is 1. The smallest absolute Gasteiger partial charge is 0.282 e. The summed E-state index contributed by atoms with van der Waals surface area (Å²) in [6, 6.07) is 8.82. The number of phenolic OH excluding ortho intramolecular Hbond substituents is 1. The molecule has 0 saturated heterocycles. The monoisotopic (exact) mass is 256 g/mol. The van der Waals surface area contributed by atoms with Gasteiger partial charge in [0.05, 0.1) is 21.3 Å². The van der Waals surface area contributed by atoms with E-state index in [9.17, 15) is 20.0 Å². The second-order valence-corrected chi connectivity index (χ2v) is 4.11. The number of nitrogens with one attached hydrogen (secondary N) is 1. The summed E-state index contributed by atoms with van der Waals surface area (Å²) in [4.78, 5) is 25.6. The Morgan fingerprint density at radius 2 is 1.89 bits per heavy atom. The lowest BCUT2D eigenvalue weighted by Crippen LogP contribution is -2.06. The summed E-state index contributed by atoms with van der Waals surface area (Å²) in [5.41, 5.74) is -0.107. The Hall–Kier alpha value is -2.89.